The summed E-state index contributed by atoms with van der Waals surface area (Å²) in [4.78, 5) is 16.6. The Bertz CT molecular complexity index is 790. The van der Waals surface area contributed by atoms with Crippen molar-refractivity contribution in [1.29, 1.82) is 0 Å². The van der Waals surface area contributed by atoms with E-state index in [0.29, 0.717) is 5.56 Å². The van der Waals surface area contributed by atoms with Gasteiger partial charge in [0.25, 0.3) is 0 Å². The van der Waals surface area contributed by atoms with Gasteiger partial charge in [0.1, 0.15) is 0 Å². The first kappa shape index (κ1) is 10.6. The lowest BCUT2D eigenvalue weighted by molar-refractivity contribution is 0.104. The molecule has 3 aromatic rings. The molecule has 0 N–H and O–H groups in total. The zero-order valence-electron chi connectivity index (χ0n) is 9.96. The Kier molecular flexibility index (Phi) is 2.17. The van der Waals surface area contributed by atoms with Crippen LogP contribution in [0.3, 0.4) is 0 Å². The predicted molar refractivity (Wildman–Crippen MR) is 76.4 cm³/mol. The molecule has 1 aliphatic rings. The average molecular weight is 263 g/mol. The number of fused-ring (bicyclic) bond motifs is 3. The maximum absolute atomic E-state index is 12.2. The normalized spacial score (nSPS) is 12.3. The summed E-state index contributed by atoms with van der Waals surface area (Å²) in [5, 5.41) is 4.16. The van der Waals surface area contributed by atoms with Crippen molar-refractivity contribution in [3.8, 4) is 22.4 Å². The molecule has 1 aliphatic carbocycles. The van der Waals surface area contributed by atoms with Crippen LogP contribution in [0.5, 0.6) is 0 Å². The minimum atomic E-state index is 0.0787. The highest BCUT2D eigenvalue weighted by Gasteiger charge is 2.27. The lowest BCUT2D eigenvalue weighted by Gasteiger charge is -2.02. The van der Waals surface area contributed by atoms with E-state index in [-0.39, 0.29) is 5.78 Å². The van der Waals surface area contributed by atoms with E-state index in [2.05, 4.69) is 27.9 Å². The number of hydrogen-bond acceptors (Lipinski definition) is 3. The Morgan fingerprint density at radius 1 is 0.947 bits per heavy atom. The first-order chi connectivity index (χ1) is 9.34. The second-order valence-corrected chi connectivity index (χ2v) is 5.28. The molecule has 0 radical (unpaired) electrons. The highest BCUT2D eigenvalue weighted by Crippen LogP contribution is 2.37. The quantitative estimate of drug-likeness (QED) is 0.519. The number of carbonyl (C=O) groups excluding carboxylic acids is 1. The van der Waals surface area contributed by atoms with E-state index in [1.165, 1.54) is 5.56 Å². The summed E-state index contributed by atoms with van der Waals surface area (Å²) in [6, 6.07) is 11.7. The summed E-state index contributed by atoms with van der Waals surface area (Å²) < 4.78 is 0. The molecule has 0 saturated carbocycles. The van der Waals surface area contributed by atoms with E-state index >= 15 is 0 Å². The molecule has 3 heteroatoms. The number of thiophene rings is 1. The Balaban J connectivity index is 1.97. The molecule has 0 unspecified atom stereocenters. The van der Waals surface area contributed by atoms with Crippen LogP contribution in [0.4, 0.5) is 0 Å². The summed E-state index contributed by atoms with van der Waals surface area (Å²) in [5.74, 6) is 0.0787. The van der Waals surface area contributed by atoms with E-state index in [1.807, 2.05) is 24.3 Å². The van der Waals surface area contributed by atoms with Crippen molar-refractivity contribution in [1.82, 2.24) is 4.98 Å². The van der Waals surface area contributed by atoms with Crippen molar-refractivity contribution in [2.24, 2.45) is 0 Å². The number of ketones is 1. The first-order valence-corrected chi connectivity index (χ1v) is 6.95. The predicted octanol–water partition coefficient (Wildman–Crippen LogP) is 4.02. The average Bonchev–Trinajstić information content (AvgIpc) is 3.08. The molecule has 4 rings (SSSR count). The lowest BCUT2D eigenvalue weighted by atomic mass is 10.0. The number of carbonyl (C=O) groups is 1. The van der Waals surface area contributed by atoms with Crippen LogP contribution in [0.25, 0.3) is 22.4 Å². The van der Waals surface area contributed by atoms with Crippen molar-refractivity contribution in [2.45, 2.75) is 0 Å². The van der Waals surface area contributed by atoms with Gasteiger partial charge in [-0.2, -0.15) is 11.3 Å². The fourth-order valence-corrected chi connectivity index (χ4v) is 3.16. The second kappa shape index (κ2) is 3.87. The second-order valence-electron chi connectivity index (χ2n) is 4.50. The summed E-state index contributed by atoms with van der Waals surface area (Å²) in [6.07, 6.45) is 1.73. The van der Waals surface area contributed by atoms with Gasteiger partial charge in [-0.3, -0.25) is 9.78 Å². The van der Waals surface area contributed by atoms with E-state index in [1.54, 1.807) is 17.5 Å². The Hall–Kier alpha value is -2.26. The number of hydrogen-bond donors (Lipinski definition) is 0. The molecule has 2 heterocycles. The minimum Gasteiger partial charge on any atom is -0.289 e. The molecule has 0 atom stereocenters. The molecular weight excluding hydrogens is 254 g/mol. The highest BCUT2D eigenvalue weighted by atomic mass is 32.1. The lowest BCUT2D eigenvalue weighted by Crippen LogP contribution is -1.94. The van der Waals surface area contributed by atoms with Crippen LogP contribution >= 0.6 is 11.3 Å². The van der Waals surface area contributed by atoms with E-state index in [9.17, 15) is 4.79 Å². The number of benzene rings is 1. The van der Waals surface area contributed by atoms with Crippen LogP contribution in [0.1, 0.15) is 15.9 Å². The highest BCUT2D eigenvalue weighted by molar-refractivity contribution is 7.08. The van der Waals surface area contributed by atoms with E-state index in [4.69, 9.17) is 0 Å². The number of rotatable bonds is 1. The van der Waals surface area contributed by atoms with Crippen LogP contribution in [-0.2, 0) is 0 Å². The molecular formula is C16H9NOS. The molecule has 0 bridgehead atoms. The molecule has 0 saturated heterocycles. The Morgan fingerprint density at radius 2 is 1.89 bits per heavy atom. The largest absolute Gasteiger partial charge is 0.289 e. The zero-order valence-corrected chi connectivity index (χ0v) is 10.8. The van der Waals surface area contributed by atoms with Gasteiger partial charge in [-0.25, -0.2) is 0 Å². The van der Waals surface area contributed by atoms with Crippen molar-refractivity contribution in [3.63, 3.8) is 0 Å². The summed E-state index contributed by atoms with van der Waals surface area (Å²) in [5.41, 5.74) is 5.53. The molecule has 1 aromatic carbocycles. The summed E-state index contributed by atoms with van der Waals surface area (Å²) >= 11 is 1.67. The molecule has 90 valence electrons. The van der Waals surface area contributed by atoms with Gasteiger partial charge in [-0.1, -0.05) is 6.07 Å². The third kappa shape index (κ3) is 1.48. The third-order valence-electron chi connectivity index (χ3n) is 3.43. The van der Waals surface area contributed by atoms with Gasteiger partial charge in [0, 0.05) is 22.9 Å². The van der Waals surface area contributed by atoms with Crippen LogP contribution < -0.4 is 0 Å². The van der Waals surface area contributed by atoms with Gasteiger partial charge in [-0.05, 0) is 52.2 Å². The van der Waals surface area contributed by atoms with Gasteiger partial charge in [0.05, 0.1) is 5.69 Å². The SMILES string of the molecule is O=C1c2ccc(-c3ccsc3)cc2-c2ncccc21. The van der Waals surface area contributed by atoms with Gasteiger partial charge in [-0.15, -0.1) is 0 Å². The smallest absolute Gasteiger partial charge is 0.195 e. The summed E-state index contributed by atoms with van der Waals surface area (Å²) in [7, 11) is 0. The summed E-state index contributed by atoms with van der Waals surface area (Å²) in [6.45, 7) is 0. The van der Waals surface area contributed by atoms with Crippen LogP contribution in [0.15, 0.2) is 53.4 Å². The number of nitrogens with zero attached hydrogens (tertiary/aromatic N) is 1. The standard InChI is InChI=1S/C16H9NOS/c18-16-12-4-3-10(11-5-7-19-9-11)8-14(12)15-13(16)2-1-6-17-15/h1-9H. The molecule has 19 heavy (non-hydrogen) atoms. The van der Waals surface area contributed by atoms with Crippen molar-refractivity contribution in [3.05, 3.63) is 64.5 Å². The molecule has 2 aromatic heterocycles. The maximum atomic E-state index is 12.2. The van der Waals surface area contributed by atoms with Crippen molar-refractivity contribution in [2.75, 3.05) is 0 Å². The maximum Gasteiger partial charge on any atom is 0.195 e. The fraction of sp³-hybridized carbons (Fsp3) is 0. The van der Waals surface area contributed by atoms with Crippen molar-refractivity contribution < 1.29 is 4.79 Å². The van der Waals surface area contributed by atoms with Crippen LogP contribution in [0.2, 0.25) is 0 Å². The van der Waals surface area contributed by atoms with Gasteiger partial charge in [0.2, 0.25) is 0 Å². The van der Waals surface area contributed by atoms with Gasteiger partial charge >= 0.3 is 0 Å². The molecule has 2 nitrogen and oxygen atoms in total. The van der Waals surface area contributed by atoms with Crippen LogP contribution in [0, 0.1) is 0 Å². The molecule has 0 aliphatic heterocycles. The molecule has 0 fully saturated rings. The van der Waals surface area contributed by atoms with E-state index < -0.39 is 0 Å². The van der Waals surface area contributed by atoms with Gasteiger partial charge < -0.3 is 0 Å². The zero-order chi connectivity index (χ0) is 12.8. The monoisotopic (exact) mass is 263 g/mol. The van der Waals surface area contributed by atoms with E-state index in [0.717, 1.165) is 22.4 Å². The Labute approximate surface area is 114 Å². The topological polar surface area (TPSA) is 30.0 Å². The van der Waals surface area contributed by atoms with Crippen molar-refractivity contribution >= 4 is 17.1 Å². The first-order valence-electron chi connectivity index (χ1n) is 6.01. The molecule has 0 spiro atoms. The minimum absolute atomic E-state index is 0.0787. The van der Waals surface area contributed by atoms with Crippen LogP contribution in [-0.4, -0.2) is 10.8 Å². The Morgan fingerprint density at radius 3 is 2.74 bits per heavy atom. The third-order valence-corrected chi connectivity index (χ3v) is 4.11. The number of pyridine rings is 1. The molecule has 0 amide bonds. The number of aromatic nitrogens is 1. The van der Waals surface area contributed by atoms with Gasteiger partial charge in [0.15, 0.2) is 5.78 Å². The fourth-order valence-electron chi connectivity index (χ4n) is 2.49.